The van der Waals surface area contributed by atoms with Gasteiger partial charge in [0.1, 0.15) is 17.7 Å². The van der Waals surface area contributed by atoms with Crippen molar-refractivity contribution in [3.63, 3.8) is 0 Å². The molecule has 9 nitrogen and oxygen atoms in total. The molecule has 4 aromatic rings. The second-order valence-corrected chi connectivity index (χ2v) is 6.98. The largest absolute Gasteiger partial charge is 0.451 e. The molecular weight excluding hydrogens is 372 g/mol. The van der Waals surface area contributed by atoms with Crippen LogP contribution in [0.2, 0.25) is 0 Å². The number of nitrogens with zero attached hydrogens (tertiary/aromatic N) is 5. The number of furan rings is 1. The Hall–Kier alpha value is -3.46. The Labute approximate surface area is 166 Å². The maximum absolute atomic E-state index is 12.6. The molecule has 1 N–H and O–H groups in total. The molecular formula is C20H20N6O3. The molecule has 1 aliphatic heterocycles. The third-order valence-corrected chi connectivity index (χ3v) is 5.16. The van der Waals surface area contributed by atoms with Gasteiger partial charge in [-0.2, -0.15) is 5.10 Å². The van der Waals surface area contributed by atoms with E-state index in [2.05, 4.69) is 25.3 Å². The fraction of sp³-hybridized carbons (Fsp3) is 0.300. The van der Waals surface area contributed by atoms with Crippen LogP contribution in [0, 0.1) is 0 Å². The summed E-state index contributed by atoms with van der Waals surface area (Å²) in [6, 6.07) is 9.25. The van der Waals surface area contributed by atoms with Gasteiger partial charge in [-0.3, -0.25) is 9.48 Å². The first-order valence-electron chi connectivity index (χ1n) is 9.44. The number of ether oxygens (including phenoxy) is 1. The summed E-state index contributed by atoms with van der Waals surface area (Å²) in [7, 11) is 1.85. The van der Waals surface area contributed by atoms with E-state index >= 15 is 0 Å². The first-order chi connectivity index (χ1) is 14.2. The number of aromatic nitrogens is 4. The highest BCUT2D eigenvalue weighted by atomic mass is 16.5. The number of carbonyl (C=O) groups excluding carboxylic acids is 1. The lowest BCUT2D eigenvalue weighted by Gasteiger charge is -2.36. The number of amides is 1. The molecule has 1 unspecified atom stereocenters. The maximum atomic E-state index is 12.6. The van der Waals surface area contributed by atoms with Gasteiger partial charge >= 0.3 is 0 Å². The van der Waals surface area contributed by atoms with E-state index in [9.17, 15) is 4.79 Å². The van der Waals surface area contributed by atoms with E-state index in [4.69, 9.17) is 9.15 Å². The lowest BCUT2D eigenvalue weighted by Crippen LogP contribution is -2.51. The minimum absolute atomic E-state index is 0.0598. The van der Waals surface area contributed by atoms with E-state index < -0.39 is 0 Å². The van der Waals surface area contributed by atoms with Crippen molar-refractivity contribution in [2.24, 2.45) is 7.05 Å². The first-order valence-corrected chi connectivity index (χ1v) is 9.44. The van der Waals surface area contributed by atoms with Gasteiger partial charge in [-0.1, -0.05) is 18.2 Å². The number of benzene rings is 1. The molecule has 148 valence electrons. The minimum Gasteiger partial charge on any atom is -0.451 e. The average molecular weight is 392 g/mol. The fourth-order valence-corrected chi connectivity index (χ4v) is 3.67. The predicted octanol–water partition coefficient (Wildman–Crippen LogP) is 1.74. The summed E-state index contributed by atoms with van der Waals surface area (Å²) < 4.78 is 13.0. The van der Waals surface area contributed by atoms with E-state index in [1.165, 1.54) is 0 Å². The van der Waals surface area contributed by atoms with Gasteiger partial charge in [0.25, 0.3) is 5.91 Å². The Balaban J connectivity index is 1.35. The zero-order valence-corrected chi connectivity index (χ0v) is 15.9. The third kappa shape index (κ3) is 3.19. The van der Waals surface area contributed by atoms with Crippen LogP contribution in [0.3, 0.4) is 0 Å². The summed E-state index contributed by atoms with van der Waals surface area (Å²) in [6.45, 7) is 2.17. The van der Waals surface area contributed by atoms with E-state index in [0.29, 0.717) is 37.6 Å². The standard InChI is InChI=1S/C20H20N6O3/c1-25-18-15(10-24-25)19(23-12-22-18)26-6-7-28-11-14(26)9-21-20(27)17-8-13-4-2-3-5-16(13)29-17/h2-5,8,10,12,14H,6-7,9,11H2,1H3,(H,21,27). The number of hydrogen-bond donors (Lipinski definition) is 1. The molecule has 0 aliphatic carbocycles. The summed E-state index contributed by atoms with van der Waals surface area (Å²) in [5, 5.41) is 9.03. The van der Waals surface area contributed by atoms with E-state index in [1.807, 2.05) is 31.3 Å². The highest BCUT2D eigenvalue weighted by Crippen LogP contribution is 2.25. The second-order valence-electron chi connectivity index (χ2n) is 6.98. The normalized spacial score (nSPS) is 17.1. The lowest BCUT2D eigenvalue weighted by molar-refractivity contribution is 0.0840. The predicted molar refractivity (Wildman–Crippen MR) is 107 cm³/mol. The molecule has 0 spiro atoms. The van der Waals surface area contributed by atoms with Crippen molar-refractivity contribution in [3.8, 4) is 0 Å². The SMILES string of the molecule is Cn1ncc2c(N3CCOCC3CNC(=O)c3cc4ccccc4o3)ncnc21. The van der Waals surface area contributed by atoms with Gasteiger partial charge in [0.15, 0.2) is 11.4 Å². The van der Waals surface area contributed by atoms with Crippen LogP contribution in [0.5, 0.6) is 0 Å². The molecule has 1 atom stereocenters. The third-order valence-electron chi connectivity index (χ3n) is 5.16. The molecule has 4 heterocycles. The van der Waals surface area contributed by atoms with Crippen LogP contribution in [0.25, 0.3) is 22.0 Å². The number of nitrogens with one attached hydrogen (secondary N) is 1. The Bertz CT molecular complexity index is 1150. The summed E-state index contributed by atoms with van der Waals surface area (Å²) in [5.41, 5.74) is 1.46. The highest BCUT2D eigenvalue weighted by molar-refractivity contribution is 5.96. The zero-order valence-electron chi connectivity index (χ0n) is 15.9. The van der Waals surface area contributed by atoms with Crippen molar-refractivity contribution in [3.05, 3.63) is 48.6 Å². The molecule has 1 amide bonds. The molecule has 29 heavy (non-hydrogen) atoms. The molecule has 0 saturated carbocycles. The lowest BCUT2D eigenvalue weighted by atomic mass is 10.2. The van der Waals surface area contributed by atoms with Crippen molar-refractivity contribution in [1.82, 2.24) is 25.1 Å². The van der Waals surface area contributed by atoms with Crippen molar-refractivity contribution in [1.29, 1.82) is 0 Å². The van der Waals surface area contributed by atoms with Crippen molar-refractivity contribution < 1.29 is 13.9 Å². The summed E-state index contributed by atoms with van der Waals surface area (Å²) >= 11 is 0. The number of para-hydroxylation sites is 1. The average Bonchev–Trinajstić information content (AvgIpc) is 3.36. The monoisotopic (exact) mass is 392 g/mol. The first kappa shape index (κ1) is 17.6. The maximum Gasteiger partial charge on any atom is 0.287 e. The van der Waals surface area contributed by atoms with Crippen molar-refractivity contribution in [2.75, 3.05) is 31.2 Å². The number of fused-ring (bicyclic) bond motifs is 2. The quantitative estimate of drug-likeness (QED) is 0.565. The Morgan fingerprint density at radius 1 is 1.31 bits per heavy atom. The topological polar surface area (TPSA) is 98.3 Å². The Kier molecular flexibility index (Phi) is 4.36. The van der Waals surface area contributed by atoms with Gasteiger partial charge in [-0.05, 0) is 12.1 Å². The second kappa shape index (κ2) is 7.17. The van der Waals surface area contributed by atoms with Gasteiger partial charge in [0, 0.05) is 25.5 Å². The molecule has 1 fully saturated rings. The number of morpholine rings is 1. The van der Waals surface area contributed by atoms with Crippen LogP contribution in [-0.2, 0) is 11.8 Å². The number of rotatable bonds is 4. The number of anilines is 1. The van der Waals surface area contributed by atoms with Gasteiger partial charge in [-0.15, -0.1) is 0 Å². The molecule has 3 aromatic heterocycles. The molecule has 1 saturated heterocycles. The molecule has 5 rings (SSSR count). The minimum atomic E-state index is -0.249. The molecule has 9 heteroatoms. The van der Waals surface area contributed by atoms with Gasteiger partial charge in [-0.25, -0.2) is 9.97 Å². The van der Waals surface area contributed by atoms with E-state index in [1.54, 1.807) is 23.3 Å². The van der Waals surface area contributed by atoms with E-state index in [-0.39, 0.29) is 11.9 Å². The van der Waals surface area contributed by atoms with Crippen molar-refractivity contribution >= 4 is 33.7 Å². The summed E-state index contributed by atoms with van der Waals surface area (Å²) in [6.07, 6.45) is 3.31. The summed E-state index contributed by atoms with van der Waals surface area (Å²) in [5.74, 6) is 0.849. The van der Waals surface area contributed by atoms with Crippen LogP contribution in [0.1, 0.15) is 10.6 Å². The van der Waals surface area contributed by atoms with E-state index in [0.717, 1.165) is 22.2 Å². The van der Waals surface area contributed by atoms with Crippen LogP contribution in [0.4, 0.5) is 5.82 Å². The van der Waals surface area contributed by atoms with Gasteiger partial charge in [0.05, 0.1) is 30.8 Å². The van der Waals surface area contributed by atoms with Crippen LogP contribution < -0.4 is 10.2 Å². The zero-order chi connectivity index (χ0) is 19.8. The van der Waals surface area contributed by atoms with Crippen LogP contribution >= 0.6 is 0 Å². The molecule has 0 radical (unpaired) electrons. The van der Waals surface area contributed by atoms with Crippen LogP contribution in [0.15, 0.2) is 47.3 Å². The molecule has 0 bridgehead atoms. The van der Waals surface area contributed by atoms with Crippen LogP contribution in [-0.4, -0.2) is 58.0 Å². The molecule has 1 aromatic carbocycles. The van der Waals surface area contributed by atoms with Crippen molar-refractivity contribution in [2.45, 2.75) is 6.04 Å². The number of hydrogen-bond acceptors (Lipinski definition) is 7. The Morgan fingerprint density at radius 3 is 3.10 bits per heavy atom. The number of aryl methyl sites for hydroxylation is 1. The van der Waals surface area contributed by atoms with Gasteiger partial charge < -0.3 is 19.4 Å². The highest BCUT2D eigenvalue weighted by Gasteiger charge is 2.27. The van der Waals surface area contributed by atoms with Gasteiger partial charge in [0.2, 0.25) is 0 Å². The fourth-order valence-electron chi connectivity index (χ4n) is 3.67. The summed E-state index contributed by atoms with van der Waals surface area (Å²) in [4.78, 5) is 23.5. The Morgan fingerprint density at radius 2 is 2.21 bits per heavy atom. The smallest absolute Gasteiger partial charge is 0.287 e. The molecule has 1 aliphatic rings. The number of carbonyl (C=O) groups is 1.